The van der Waals surface area contributed by atoms with Gasteiger partial charge in [0, 0.05) is 13.3 Å². The van der Waals surface area contributed by atoms with E-state index < -0.39 is 11.2 Å². The highest BCUT2D eigenvalue weighted by Crippen LogP contribution is 2.51. The van der Waals surface area contributed by atoms with Crippen LogP contribution in [0.25, 0.3) is 11.1 Å². The number of amides is 1. The first kappa shape index (κ1) is 21.2. The Morgan fingerprint density at radius 2 is 1.79 bits per heavy atom. The molecular weight excluding hydrogens is 421 g/mol. The van der Waals surface area contributed by atoms with Crippen molar-refractivity contribution < 1.29 is 23.5 Å². The Morgan fingerprint density at radius 3 is 2.52 bits per heavy atom. The molecule has 0 radical (unpaired) electrons. The zero-order chi connectivity index (χ0) is 23.2. The van der Waals surface area contributed by atoms with E-state index >= 15 is 0 Å². The number of rotatable bonds is 6. The van der Waals surface area contributed by atoms with Crippen LogP contribution in [-0.4, -0.2) is 18.5 Å². The fourth-order valence-electron chi connectivity index (χ4n) is 4.47. The van der Waals surface area contributed by atoms with Gasteiger partial charge in [-0.25, -0.2) is 4.39 Å². The first-order valence-electron chi connectivity index (χ1n) is 11.0. The van der Waals surface area contributed by atoms with Crippen LogP contribution in [0.15, 0.2) is 54.6 Å². The van der Waals surface area contributed by atoms with Crippen LogP contribution in [0.4, 0.5) is 10.1 Å². The number of anilines is 1. The summed E-state index contributed by atoms with van der Waals surface area (Å²) in [6.07, 6.45) is 1.94. The first-order valence-corrected chi connectivity index (χ1v) is 11.0. The number of hydrogen-bond acceptors (Lipinski definition) is 4. The van der Waals surface area contributed by atoms with Crippen molar-refractivity contribution in [1.82, 2.24) is 0 Å². The molecule has 0 unspecified atom stereocenters. The Balaban J connectivity index is 1.39. The monoisotopic (exact) mass is 445 g/mol. The van der Waals surface area contributed by atoms with E-state index in [0.717, 1.165) is 35.1 Å². The van der Waals surface area contributed by atoms with Gasteiger partial charge in [0.15, 0.2) is 11.5 Å². The van der Waals surface area contributed by atoms with Crippen LogP contribution in [0.3, 0.4) is 0 Å². The quantitative estimate of drug-likeness (QED) is 0.557. The second-order valence-corrected chi connectivity index (χ2v) is 8.78. The molecule has 1 aliphatic heterocycles. The Kier molecular flexibility index (Phi) is 5.16. The smallest absolute Gasteiger partial charge is 0.231 e. The summed E-state index contributed by atoms with van der Waals surface area (Å²) in [5, 5.41) is 2.48. The van der Waals surface area contributed by atoms with Crippen LogP contribution in [0, 0.1) is 12.7 Å². The zero-order valence-electron chi connectivity index (χ0n) is 18.5. The highest BCUT2D eigenvalue weighted by Gasteiger charge is 2.50. The number of halogens is 1. The summed E-state index contributed by atoms with van der Waals surface area (Å²) in [7, 11) is 0. The number of Topliss-reactive ketones (excluding diaryl/α,β-unsaturated/α-hetero) is 1. The predicted octanol–water partition coefficient (Wildman–Crippen LogP) is 5.33. The molecule has 33 heavy (non-hydrogen) atoms. The van der Waals surface area contributed by atoms with Crippen LogP contribution >= 0.6 is 0 Å². The van der Waals surface area contributed by atoms with Gasteiger partial charge < -0.3 is 14.8 Å². The SMILES string of the molecule is CC(=O)Nc1ccc(-c2cc(CC(=O)C3(c4ccc5c(c4)OCO5)CC3)ccc2C)cc1F. The number of ether oxygens (including phenoxy) is 2. The van der Waals surface area contributed by atoms with Crippen LogP contribution in [0.1, 0.15) is 36.5 Å². The molecule has 0 atom stereocenters. The van der Waals surface area contributed by atoms with E-state index in [1.165, 1.54) is 13.0 Å². The number of fused-ring (bicyclic) bond motifs is 1. The first-order chi connectivity index (χ1) is 15.9. The van der Waals surface area contributed by atoms with Crippen molar-refractivity contribution in [3.8, 4) is 22.6 Å². The zero-order valence-corrected chi connectivity index (χ0v) is 18.5. The van der Waals surface area contributed by atoms with E-state index in [-0.39, 0.29) is 24.2 Å². The molecule has 1 N–H and O–H groups in total. The summed E-state index contributed by atoms with van der Waals surface area (Å²) in [5.74, 6) is 0.748. The lowest BCUT2D eigenvalue weighted by Crippen LogP contribution is -2.22. The molecule has 5 rings (SSSR count). The lowest BCUT2D eigenvalue weighted by molar-refractivity contribution is -0.120. The maximum atomic E-state index is 14.5. The molecular formula is C27H24FNO4. The molecule has 0 saturated heterocycles. The van der Waals surface area contributed by atoms with Crippen molar-refractivity contribution in [1.29, 1.82) is 0 Å². The Labute approximate surface area is 191 Å². The molecule has 1 fully saturated rings. The van der Waals surface area contributed by atoms with Gasteiger partial charge in [-0.1, -0.05) is 30.3 Å². The molecule has 0 aromatic heterocycles. The van der Waals surface area contributed by atoms with E-state index in [2.05, 4.69) is 5.32 Å². The van der Waals surface area contributed by atoms with E-state index in [9.17, 15) is 14.0 Å². The Bertz CT molecular complexity index is 1280. The molecule has 1 heterocycles. The number of carbonyl (C=O) groups excluding carboxylic acids is 2. The van der Waals surface area contributed by atoms with E-state index in [1.54, 1.807) is 12.1 Å². The maximum absolute atomic E-state index is 14.5. The number of ketones is 1. The lowest BCUT2D eigenvalue weighted by atomic mass is 9.87. The molecule has 168 valence electrons. The summed E-state index contributed by atoms with van der Waals surface area (Å²) in [6, 6.07) is 16.4. The topological polar surface area (TPSA) is 64.6 Å². The maximum Gasteiger partial charge on any atom is 0.231 e. The number of aryl methyl sites for hydroxylation is 1. The van der Waals surface area contributed by atoms with Gasteiger partial charge in [0.25, 0.3) is 0 Å². The molecule has 0 bridgehead atoms. The van der Waals surface area contributed by atoms with E-state index in [4.69, 9.17) is 9.47 Å². The summed E-state index contributed by atoms with van der Waals surface area (Å²) in [5.41, 5.74) is 4.08. The molecule has 1 saturated carbocycles. The third kappa shape index (κ3) is 3.97. The minimum atomic E-state index is -0.497. The van der Waals surface area contributed by atoms with Gasteiger partial charge in [-0.2, -0.15) is 0 Å². The third-order valence-electron chi connectivity index (χ3n) is 6.47. The molecule has 3 aromatic rings. The fourth-order valence-corrected chi connectivity index (χ4v) is 4.47. The molecule has 1 aliphatic carbocycles. The highest BCUT2D eigenvalue weighted by atomic mass is 19.1. The van der Waals surface area contributed by atoms with E-state index in [0.29, 0.717) is 23.5 Å². The van der Waals surface area contributed by atoms with Gasteiger partial charge in [-0.15, -0.1) is 0 Å². The van der Waals surface area contributed by atoms with Gasteiger partial charge >= 0.3 is 0 Å². The van der Waals surface area contributed by atoms with Crippen LogP contribution < -0.4 is 14.8 Å². The van der Waals surface area contributed by atoms with Gasteiger partial charge in [0.2, 0.25) is 12.7 Å². The third-order valence-corrected chi connectivity index (χ3v) is 6.47. The molecule has 6 heteroatoms. The molecule has 5 nitrogen and oxygen atoms in total. The second-order valence-electron chi connectivity index (χ2n) is 8.78. The van der Waals surface area contributed by atoms with Crippen molar-refractivity contribution >= 4 is 17.4 Å². The summed E-state index contributed by atoms with van der Waals surface area (Å²) >= 11 is 0. The average Bonchev–Trinajstić information content (AvgIpc) is 3.47. The second kappa shape index (κ2) is 8.03. The molecule has 0 spiro atoms. The van der Waals surface area contributed by atoms with E-state index in [1.807, 2.05) is 43.3 Å². The van der Waals surface area contributed by atoms with Gasteiger partial charge in [0.05, 0.1) is 11.1 Å². The summed E-state index contributed by atoms with van der Waals surface area (Å²) in [6.45, 7) is 3.50. The summed E-state index contributed by atoms with van der Waals surface area (Å²) in [4.78, 5) is 24.6. The Morgan fingerprint density at radius 1 is 1.00 bits per heavy atom. The van der Waals surface area contributed by atoms with Crippen molar-refractivity contribution in [2.24, 2.45) is 0 Å². The van der Waals surface area contributed by atoms with Gasteiger partial charge in [0.1, 0.15) is 11.6 Å². The number of benzene rings is 3. The normalized spacial score (nSPS) is 15.2. The van der Waals surface area contributed by atoms with Crippen molar-refractivity contribution in [3.05, 3.63) is 77.1 Å². The number of carbonyl (C=O) groups is 2. The number of hydrogen-bond donors (Lipinski definition) is 1. The molecule has 2 aliphatic rings. The summed E-state index contributed by atoms with van der Waals surface area (Å²) < 4.78 is 25.4. The molecule has 3 aromatic carbocycles. The number of nitrogens with one attached hydrogen (secondary N) is 1. The van der Waals surface area contributed by atoms with Crippen molar-refractivity contribution in [2.45, 2.75) is 38.5 Å². The largest absolute Gasteiger partial charge is 0.454 e. The van der Waals surface area contributed by atoms with Crippen LogP contribution in [0.5, 0.6) is 11.5 Å². The standard InChI is InChI=1S/C27H24FNO4/c1-16-3-4-18(11-21(16)19-5-7-23(22(28)13-19)29-17(2)30)12-26(31)27(9-10-27)20-6-8-24-25(14-20)33-15-32-24/h3-8,11,13-14H,9-10,12,15H2,1-2H3,(H,29,30). The average molecular weight is 445 g/mol. The van der Waals surface area contributed by atoms with Crippen LogP contribution in [0.2, 0.25) is 0 Å². The lowest BCUT2D eigenvalue weighted by Gasteiger charge is -2.16. The molecule has 1 amide bonds. The fraction of sp³-hybridized carbons (Fsp3) is 0.259. The van der Waals surface area contributed by atoms with Crippen LogP contribution in [-0.2, 0) is 21.4 Å². The van der Waals surface area contributed by atoms with Gasteiger partial charge in [-0.3, -0.25) is 9.59 Å². The minimum Gasteiger partial charge on any atom is -0.454 e. The minimum absolute atomic E-state index is 0.148. The Hall–Kier alpha value is -3.67. The van der Waals surface area contributed by atoms with Crippen molar-refractivity contribution in [2.75, 3.05) is 12.1 Å². The predicted molar refractivity (Wildman–Crippen MR) is 123 cm³/mol. The van der Waals surface area contributed by atoms with Gasteiger partial charge in [-0.05, 0) is 71.8 Å². The highest BCUT2D eigenvalue weighted by molar-refractivity contribution is 5.95. The van der Waals surface area contributed by atoms with Crippen molar-refractivity contribution in [3.63, 3.8) is 0 Å².